The highest BCUT2D eigenvalue weighted by molar-refractivity contribution is 5.76. The molecule has 166 valence electrons. The molecule has 5 nitrogen and oxygen atoms in total. The second-order valence-electron chi connectivity index (χ2n) is 9.88. The van der Waals surface area contributed by atoms with Gasteiger partial charge in [-0.3, -0.25) is 9.59 Å². The van der Waals surface area contributed by atoms with Crippen molar-refractivity contribution in [3.63, 3.8) is 0 Å². The Kier molecular flexibility index (Phi) is 6.91. The van der Waals surface area contributed by atoms with Gasteiger partial charge in [-0.15, -0.1) is 0 Å². The van der Waals surface area contributed by atoms with Crippen molar-refractivity contribution in [3.8, 4) is 0 Å². The van der Waals surface area contributed by atoms with Gasteiger partial charge in [0, 0.05) is 18.8 Å². The molecular formula is C25H36O5. The van der Waals surface area contributed by atoms with E-state index in [9.17, 15) is 14.7 Å². The number of hydrogen-bond acceptors (Lipinski definition) is 5. The van der Waals surface area contributed by atoms with Crippen LogP contribution in [0.5, 0.6) is 0 Å². The number of cyclic esters (lactones) is 1. The van der Waals surface area contributed by atoms with E-state index in [1.165, 1.54) is 5.57 Å². The number of rotatable bonds is 6. The Hall–Kier alpha value is -1.88. The van der Waals surface area contributed by atoms with Gasteiger partial charge in [-0.1, -0.05) is 44.2 Å². The fraction of sp³-hybridized carbons (Fsp3) is 0.680. The number of carbonyl (C=O) groups excluding carboxylic acids is 2. The van der Waals surface area contributed by atoms with E-state index in [1.807, 2.05) is 20.8 Å². The second kappa shape index (κ2) is 9.09. The molecule has 6 atom stereocenters. The van der Waals surface area contributed by atoms with Crippen LogP contribution in [0, 0.1) is 23.2 Å². The summed E-state index contributed by atoms with van der Waals surface area (Å²) in [4.78, 5) is 24.5. The van der Waals surface area contributed by atoms with Crippen molar-refractivity contribution >= 4 is 11.9 Å². The third-order valence-corrected chi connectivity index (χ3v) is 7.10. The molecule has 0 aromatic carbocycles. The van der Waals surface area contributed by atoms with E-state index in [0.29, 0.717) is 25.2 Å². The quantitative estimate of drug-likeness (QED) is 0.645. The zero-order valence-corrected chi connectivity index (χ0v) is 18.7. The van der Waals surface area contributed by atoms with Gasteiger partial charge < -0.3 is 14.6 Å². The zero-order valence-electron chi connectivity index (χ0n) is 18.7. The Morgan fingerprint density at radius 2 is 2.07 bits per heavy atom. The molecule has 0 aromatic rings. The Balaban J connectivity index is 1.77. The van der Waals surface area contributed by atoms with Gasteiger partial charge in [-0.25, -0.2) is 0 Å². The molecule has 0 amide bonds. The molecule has 1 fully saturated rings. The summed E-state index contributed by atoms with van der Waals surface area (Å²) in [7, 11) is 0. The van der Waals surface area contributed by atoms with Crippen LogP contribution in [0.1, 0.15) is 66.2 Å². The van der Waals surface area contributed by atoms with Gasteiger partial charge in [0.15, 0.2) is 0 Å². The Morgan fingerprint density at radius 1 is 1.33 bits per heavy atom. The van der Waals surface area contributed by atoms with Gasteiger partial charge in [-0.05, 0) is 50.5 Å². The molecule has 0 radical (unpaired) electrons. The molecule has 2 aliphatic carbocycles. The molecule has 1 heterocycles. The molecule has 3 rings (SSSR count). The molecule has 3 aliphatic rings. The average molecular weight is 417 g/mol. The Labute approximate surface area is 180 Å². The van der Waals surface area contributed by atoms with E-state index in [-0.39, 0.29) is 42.4 Å². The lowest BCUT2D eigenvalue weighted by Gasteiger charge is -2.43. The number of carbonyl (C=O) groups is 2. The highest BCUT2D eigenvalue weighted by Gasteiger charge is 2.42. The number of ether oxygens (including phenoxy) is 2. The van der Waals surface area contributed by atoms with Crippen molar-refractivity contribution in [2.24, 2.45) is 23.2 Å². The first-order chi connectivity index (χ1) is 14.1. The van der Waals surface area contributed by atoms with E-state index in [0.717, 1.165) is 18.4 Å². The van der Waals surface area contributed by atoms with E-state index >= 15 is 0 Å². The number of aliphatic hydroxyl groups is 1. The number of esters is 2. The minimum absolute atomic E-state index is 0.0852. The zero-order chi connectivity index (χ0) is 22.1. The van der Waals surface area contributed by atoms with Crippen molar-refractivity contribution < 1.29 is 24.2 Å². The highest BCUT2D eigenvalue weighted by atomic mass is 16.6. The number of hydrogen-bond donors (Lipinski definition) is 1. The first-order valence-corrected chi connectivity index (χ1v) is 11.3. The van der Waals surface area contributed by atoms with Crippen LogP contribution in [0.2, 0.25) is 0 Å². The summed E-state index contributed by atoms with van der Waals surface area (Å²) in [6.07, 6.45) is 8.89. The van der Waals surface area contributed by atoms with E-state index in [4.69, 9.17) is 9.47 Å². The molecule has 0 aromatic heterocycles. The summed E-state index contributed by atoms with van der Waals surface area (Å²) in [5.74, 6) is 0.224. The maximum atomic E-state index is 12.8. The predicted octanol–water partition coefficient (Wildman–Crippen LogP) is 4.51. The topological polar surface area (TPSA) is 72.8 Å². The van der Waals surface area contributed by atoms with Gasteiger partial charge in [0.1, 0.15) is 12.2 Å². The third-order valence-electron chi connectivity index (χ3n) is 7.10. The molecule has 30 heavy (non-hydrogen) atoms. The van der Waals surface area contributed by atoms with Gasteiger partial charge in [0.25, 0.3) is 0 Å². The lowest BCUT2D eigenvalue weighted by molar-refractivity contribution is -0.165. The second-order valence-corrected chi connectivity index (χ2v) is 9.88. The first-order valence-electron chi connectivity index (χ1n) is 11.3. The largest absolute Gasteiger partial charge is 0.462 e. The predicted molar refractivity (Wildman–Crippen MR) is 115 cm³/mol. The monoisotopic (exact) mass is 416 g/mol. The first kappa shape index (κ1) is 22.8. The van der Waals surface area contributed by atoms with Crippen molar-refractivity contribution in [1.29, 1.82) is 0 Å². The third kappa shape index (κ3) is 5.05. The van der Waals surface area contributed by atoms with Crippen molar-refractivity contribution in [1.82, 2.24) is 0 Å². The summed E-state index contributed by atoms with van der Waals surface area (Å²) in [6.45, 7) is 12.2. The minimum atomic E-state index is -0.613. The summed E-state index contributed by atoms with van der Waals surface area (Å²) >= 11 is 0. The van der Waals surface area contributed by atoms with Crippen LogP contribution in [-0.2, 0) is 19.1 Å². The van der Waals surface area contributed by atoms with E-state index in [1.54, 1.807) is 0 Å². The molecule has 0 spiro atoms. The summed E-state index contributed by atoms with van der Waals surface area (Å²) in [6, 6.07) is 0. The van der Waals surface area contributed by atoms with Crippen LogP contribution in [0.25, 0.3) is 0 Å². The van der Waals surface area contributed by atoms with Crippen LogP contribution < -0.4 is 0 Å². The number of fused-ring (bicyclic) bond motifs is 1. The molecule has 0 unspecified atom stereocenters. The maximum Gasteiger partial charge on any atom is 0.311 e. The van der Waals surface area contributed by atoms with Crippen LogP contribution in [0.15, 0.2) is 36.0 Å². The summed E-state index contributed by atoms with van der Waals surface area (Å²) in [5.41, 5.74) is 1.64. The van der Waals surface area contributed by atoms with Gasteiger partial charge >= 0.3 is 11.9 Å². The van der Waals surface area contributed by atoms with Crippen LogP contribution >= 0.6 is 0 Å². The highest BCUT2D eigenvalue weighted by Crippen LogP contribution is 2.45. The average Bonchev–Trinajstić information content (AvgIpc) is 2.66. The van der Waals surface area contributed by atoms with Crippen LogP contribution in [0.3, 0.4) is 0 Å². The maximum absolute atomic E-state index is 12.8. The molecule has 0 saturated carbocycles. The van der Waals surface area contributed by atoms with Gasteiger partial charge in [0.05, 0.1) is 17.9 Å². The van der Waals surface area contributed by atoms with E-state index < -0.39 is 11.5 Å². The summed E-state index contributed by atoms with van der Waals surface area (Å²) in [5, 5.41) is 9.91. The molecule has 1 aliphatic heterocycles. The Morgan fingerprint density at radius 3 is 2.73 bits per heavy atom. The lowest BCUT2D eigenvalue weighted by atomic mass is 9.66. The van der Waals surface area contributed by atoms with Crippen LogP contribution in [-0.4, -0.2) is 35.4 Å². The standard InChI is InChI=1S/C25H36O5/c1-6-25(4,5)24(28)30-21-12-15(2)11-17-8-7-16(3)20(23(17)21)10-9-19-13-18(26)14-22(27)29-19/h7-8,11,16,18-21,23,26H,2,6,9-10,12-14H2,1,3-5H3/t16-,18+,19+,20-,21-,23+/m0/s1. The molecular weight excluding hydrogens is 380 g/mol. The van der Waals surface area contributed by atoms with E-state index in [2.05, 4.69) is 31.7 Å². The molecule has 0 bridgehead atoms. The fourth-order valence-corrected chi connectivity index (χ4v) is 4.82. The normalized spacial score (nSPS) is 34.1. The molecule has 5 heteroatoms. The SMILES string of the molecule is C=C1C=C2C=C[C@H](C)[C@H](CC[C@@H]3C[C@@H](O)CC(=O)O3)[C@@H]2[C@@H](OC(=O)C(C)(C)CC)C1. The van der Waals surface area contributed by atoms with Crippen LogP contribution in [0.4, 0.5) is 0 Å². The molecule has 1 N–H and O–H groups in total. The van der Waals surface area contributed by atoms with Gasteiger partial charge in [-0.2, -0.15) is 0 Å². The number of allylic oxidation sites excluding steroid dienone is 3. The van der Waals surface area contributed by atoms with Crippen molar-refractivity contribution in [2.45, 2.75) is 84.5 Å². The van der Waals surface area contributed by atoms with Gasteiger partial charge in [0.2, 0.25) is 0 Å². The smallest absolute Gasteiger partial charge is 0.311 e. The Bertz CT molecular complexity index is 747. The summed E-state index contributed by atoms with van der Waals surface area (Å²) < 4.78 is 11.5. The minimum Gasteiger partial charge on any atom is -0.462 e. The molecule has 1 saturated heterocycles. The van der Waals surface area contributed by atoms with Crippen molar-refractivity contribution in [3.05, 3.63) is 36.0 Å². The number of aliphatic hydroxyl groups excluding tert-OH is 1. The van der Waals surface area contributed by atoms with Crippen molar-refractivity contribution in [2.75, 3.05) is 0 Å². The lowest BCUT2D eigenvalue weighted by Crippen LogP contribution is -2.42. The fourth-order valence-electron chi connectivity index (χ4n) is 4.82.